The molecule has 0 bridgehead atoms. The van der Waals surface area contributed by atoms with E-state index in [9.17, 15) is 18.3 Å². The summed E-state index contributed by atoms with van der Waals surface area (Å²) in [7, 11) is -4.18. The topological polar surface area (TPSA) is 74.7 Å². The summed E-state index contributed by atoms with van der Waals surface area (Å²) in [5.41, 5.74) is 0.167. The Balaban J connectivity index is 2.62. The van der Waals surface area contributed by atoms with Gasteiger partial charge in [0, 0.05) is 5.02 Å². The number of carboxylic acids is 1. The molecule has 0 aliphatic rings. The van der Waals surface area contributed by atoms with Gasteiger partial charge in [-0.2, -0.15) is 0 Å². The highest BCUT2D eigenvalue weighted by Crippen LogP contribution is 2.31. The maximum atomic E-state index is 13.0. The van der Waals surface area contributed by atoms with Crippen molar-refractivity contribution in [3.63, 3.8) is 0 Å². The molecule has 2 aromatic rings. The van der Waals surface area contributed by atoms with Gasteiger partial charge in [-0.3, -0.25) is 4.31 Å². The molecule has 0 spiro atoms. The molecule has 0 saturated heterocycles. The first-order valence-electron chi connectivity index (χ1n) is 6.62. The van der Waals surface area contributed by atoms with Crippen LogP contribution in [0, 0.1) is 0 Å². The summed E-state index contributed by atoms with van der Waals surface area (Å²) in [4.78, 5) is 11.2. The highest BCUT2D eigenvalue weighted by atomic mass is 35.5. The molecule has 0 saturated carbocycles. The molecule has 0 aromatic heterocycles. The molecule has 1 atom stereocenters. The number of rotatable bonds is 5. The van der Waals surface area contributed by atoms with Crippen molar-refractivity contribution in [2.45, 2.75) is 17.9 Å². The van der Waals surface area contributed by atoms with Crippen molar-refractivity contribution in [1.82, 2.24) is 0 Å². The lowest BCUT2D eigenvalue weighted by atomic mass is 10.2. The number of anilines is 1. The van der Waals surface area contributed by atoms with Crippen LogP contribution >= 0.6 is 34.8 Å². The molecule has 2 rings (SSSR count). The Kier molecular flexibility index (Phi) is 5.65. The van der Waals surface area contributed by atoms with E-state index in [4.69, 9.17) is 34.8 Å². The van der Waals surface area contributed by atoms with Crippen molar-refractivity contribution in [3.05, 3.63) is 57.5 Å². The molecule has 2 aromatic carbocycles. The maximum Gasteiger partial charge on any atom is 0.327 e. The number of nitrogens with zero attached hydrogens (tertiary/aromatic N) is 1. The summed E-state index contributed by atoms with van der Waals surface area (Å²) < 4.78 is 26.7. The van der Waals surface area contributed by atoms with Crippen LogP contribution in [0.2, 0.25) is 15.1 Å². The average Bonchev–Trinajstić information content (AvgIpc) is 2.51. The molecule has 1 N–H and O–H groups in total. The number of benzene rings is 2. The van der Waals surface area contributed by atoms with Gasteiger partial charge in [-0.05, 0) is 49.4 Å². The number of hydrogen-bond donors (Lipinski definition) is 1. The summed E-state index contributed by atoms with van der Waals surface area (Å²) in [6, 6.07) is 8.24. The third-order valence-corrected chi connectivity index (χ3v) is 6.12. The Labute approximate surface area is 154 Å². The number of hydrogen-bond acceptors (Lipinski definition) is 3. The Bertz CT molecular complexity index is 869. The van der Waals surface area contributed by atoms with E-state index < -0.39 is 22.0 Å². The minimum Gasteiger partial charge on any atom is -0.480 e. The SMILES string of the molecule is CC(C(=O)O)N(c1ccc(Cl)cc1)S(=O)(=O)c1ccc(Cl)c(Cl)c1. The summed E-state index contributed by atoms with van der Waals surface area (Å²) in [6.07, 6.45) is 0. The summed E-state index contributed by atoms with van der Waals surface area (Å²) in [5.74, 6) is -1.30. The molecule has 1 unspecified atom stereocenters. The zero-order valence-electron chi connectivity index (χ0n) is 12.3. The zero-order valence-corrected chi connectivity index (χ0v) is 15.4. The van der Waals surface area contributed by atoms with Crippen LogP contribution in [0.1, 0.15) is 6.92 Å². The summed E-state index contributed by atoms with van der Waals surface area (Å²) in [5, 5.41) is 9.94. The van der Waals surface area contributed by atoms with Crippen LogP contribution in [-0.4, -0.2) is 25.5 Å². The standard InChI is InChI=1S/C15H12Cl3NO4S/c1-9(15(20)21)19(11-4-2-10(16)3-5-11)24(22,23)12-6-7-13(17)14(18)8-12/h2-9H,1H3,(H,20,21). The van der Waals surface area contributed by atoms with Crippen LogP contribution in [0.3, 0.4) is 0 Å². The van der Waals surface area contributed by atoms with Gasteiger partial charge in [-0.1, -0.05) is 34.8 Å². The molecule has 0 aliphatic heterocycles. The second-order valence-electron chi connectivity index (χ2n) is 4.87. The van der Waals surface area contributed by atoms with E-state index in [1.165, 1.54) is 49.4 Å². The van der Waals surface area contributed by atoms with Crippen LogP contribution in [0.25, 0.3) is 0 Å². The first-order chi connectivity index (χ1) is 11.1. The summed E-state index contributed by atoms with van der Waals surface area (Å²) in [6.45, 7) is 1.27. The van der Waals surface area contributed by atoms with Crippen LogP contribution < -0.4 is 4.31 Å². The minimum atomic E-state index is -4.18. The lowest BCUT2D eigenvalue weighted by molar-refractivity contribution is -0.137. The molecule has 5 nitrogen and oxygen atoms in total. The molecule has 0 amide bonds. The second kappa shape index (κ2) is 7.19. The van der Waals surface area contributed by atoms with Gasteiger partial charge in [0.25, 0.3) is 10.0 Å². The Hall–Kier alpha value is -1.47. The van der Waals surface area contributed by atoms with E-state index in [-0.39, 0.29) is 20.6 Å². The lowest BCUT2D eigenvalue weighted by Crippen LogP contribution is -2.43. The van der Waals surface area contributed by atoms with Crippen molar-refractivity contribution >= 4 is 56.5 Å². The molecular formula is C15H12Cl3NO4S. The molecular weight excluding hydrogens is 397 g/mol. The molecule has 0 radical (unpaired) electrons. The number of halogens is 3. The van der Waals surface area contributed by atoms with Crippen LogP contribution in [0.15, 0.2) is 47.4 Å². The number of aliphatic carboxylic acids is 1. The van der Waals surface area contributed by atoms with Gasteiger partial charge in [0.2, 0.25) is 0 Å². The van der Waals surface area contributed by atoms with E-state index in [0.29, 0.717) is 5.02 Å². The fourth-order valence-corrected chi connectivity index (χ4v) is 4.14. The third kappa shape index (κ3) is 3.78. The molecule has 128 valence electrons. The molecule has 0 heterocycles. The van der Waals surface area contributed by atoms with Crippen molar-refractivity contribution < 1.29 is 18.3 Å². The average molecular weight is 409 g/mol. The normalized spacial score (nSPS) is 12.7. The minimum absolute atomic E-state index is 0.0526. The van der Waals surface area contributed by atoms with E-state index in [1.54, 1.807) is 0 Å². The van der Waals surface area contributed by atoms with Gasteiger partial charge < -0.3 is 5.11 Å². The number of carbonyl (C=O) groups is 1. The second-order valence-corrected chi connectivity index (χ2v) is 7.93. The Morgan fingerprint density at radius 3 is 2.12 bits per heavy atom. The van der Waals surface area contributed by atoms with Gasteiger partial charge in [0.1, 0.15) is 6.04 Å². The Morgan fingerprint density at radius 1 is 1.04 bits per heavy atom. The molecule has 0 fully saturated rings. The van der Waals surface area contributed by atoms with Gasteiger partial charge in [-0.15, -0.1) is 0 Å². The fourth-order valence-electron chi connectivity index (χ4n) is 2.01. The van der Waals surface area contributed by atoms with Gasteiger partial charge in [-0.25, -0.2) is 13.2 Å². The molecule has 24 heavy (non-hydrogen) atoms. The highest BCUT2D eigenvalue weighted by Gasteiger charge is 2.33. The van der Waals surface area contributed by atoms with Gasteiger partial charge in [0.15, 0.2) is 0 Å². The van der Waals surface area contributed by atoms with Crippen molar-refractivity contribution in [1.29, 1.82) is 0 Å². The van der Waals surface area contributed by atoms with Gasteiger partial charge in [0.05, 0.1) is 20.6 Å². The van der Waals surface area contributed by atoms with Crippen LogP contribution in [0.4, 0.5) is 5.69 Å². The van der Waals surface area contributed by atoms with E-state index >= 15 is 0 Å². The van der Waals surface area contributed by atoms with Crippen molar-refractivity contribution in [2.75, 3.05) is 4.31 Å². The van der Waals surface area contributed by atoms with Crippen molar-refractivity contribution in [3.8, 4) is 0 Å². The lowest BCUT2D eigenvalue weighted by Gasteiger charge is -2.28. The third-order valence-electron chi connectivity index (χ3n) is 3.24. The highest BCUT2D eigenvalue weighted by molar-refractivity contribution is 7.93. The zero-order chi connectivity index (χ0) is 18.1. The first-order valence-corrected chi connectivity index (χ1v) is 9.20. The van der Waals surface area contributed by atoms with E-state index in [2.05, 4.69) is 0 Å². The smallest absolute Gasteiger partial charge is 0.327 e. The van der Waals surface area contributed by atoms with Crippen molar-refractivity contribution in [2.24, 2.45) is 0 Å². The van der Waals surface area contributed by atoms with E-state index in [0.717, 1.165) is 4.31 Å². The quantitative estimate of drug-likeness (QED) is 0.799. The monoisotopic (exact) mass is 407 g/mol. The predicted molar refractivity (Wildman–Crippen MR) is 94.7 cm³/mol. The number of carboxylic acid groups (broad SMARTS) is 1. The van der Waals surface area contributed by atoms with Gasteiger partial charge >= 0.3 is 5.97 Å². The molecule has 0 aliphatic carbocycles. The fraction of sp³-hybridized carbons (Fsp3) is 0.133. The largest absolute Gasteiger partial charge is 0.480 e. The molecule has 9 heteroatoms. The Morgan fingerprint density at radius 2 is 1.62 bits per heavy atom. The maximum absolute atomic E-state index is 13.0. The first kappa shape index (κ1) is 18.9. The van der Waals surface area contributed by atoms with Crippen LogP contribution in [-0.2, 0) is 14.8 Å². The predicted octanol–water partition coefficient (Wildman–Crippen LogP) is 4.32. The summed E-state index contributed by atoms with van der Waals surface area (Å²) >= 11 is 17.5. The number of sulfonamides is 1. The van der Waals surface area contributed by atoms with E-state index in [1.807, 2.05) is 0 Å². The van der Waals surface area contributed by atoms with Crippen LogP contribution in [0.5, 0.6) is 0 Å².